The van der Waals surface area contributed by atoms with Gasteiger partial charge in [0, 0.05) is 53.1 Å². The molecule has 0 aliphatic carbocycles. The summed E-state index contributed by atoms with van der Waals surface area (Å²) in [6.07, 6.45) is 2.62. The largest absolute Gasteiger partial charge is 0.378 e. The number of ether oxygens (including phenoxy) is 2. The minimum absolute atomic E-state index is 0. The van der Waals surface area contributed by atoms with Crippen LogP contribution >= 0.6 is 24.0 Å². The molecular weight excluding hydrogens is 443 g/mol. The third kappa shape index (κ3) is 5.47. The molecule has 2 fully saturated rings. The highest BCUT2D eigenvalue weighted by Gasteiger charge is 2.32. The third-order valence-electron chi connectivity index (χ3n) is 4.86. The molecule has 1 aromatic rings. The van der Waals surface area contributed by atoms with Crippen LogP contribution in [0.2, 0.25) is 0 Å². The Hall–Kier alpha value is -1.06. The van der Waals surface area contributed by atoms with Crippen molar-refractivity contribution in [2.45, 2.75) is 31.6 Å². The van der Waals surface area contributed by atoms with E-state index >= 15 is 0 Å². The molecule has 0 aromatic heterocycles. The molecule has 0 amide bonds. The summed E-state index contributed by atoms with van der Waals surface area (Å²) in [5, 5.41) is 3.49. The summed E-state index contributed by atoms with van der Waals surface area (Å²) >= 11 is 0. The Morgan fingerprint density at radius 2 is 2.08 bits per heavy atom. The third-order valence-corrected chi connectivity index (χ3v) is 4.86. The Balaban J connectivity index is 0.00000243. The summed E-state index contributed by atoms with van der Waals surface area (Å²) in [4.78, 5) is 8.87. The summed E-state index contributed by atoms with van der Waals surface area (Å²) < 4.78 is 11.7. The molecule has 146 valence electrons. The molecule has 0 saturated carbocycles. The van der Waals surface area contributed by atoms with Gasteiger partial charge in [0.15, 0.2) is 5.96 Å². The first kappa shape index (κ1) is 21.2. The molecule has 2 aliphatic heterocycles. The minimum Gasteiger partial charge on any atom is -0.378 e. The summed E-state index contributed by atoms with van der Waals surface area (Å²) in [7, 11) is 5.96. The lowest BCUT2D eigenvalue weighted by Gasteiger charge is -2.37. The van der Waals surface area contributed by atoms with E-state index in [1.165, 1.54) is 11.3 Å². The van der Waals surface area contributed by atoms with Crippen molar-refractivity contribution >= 4 is 35.6 Å². The van der Waals surface area contributed by atoms with Gasteiger partial charge in [-0.25, -0.2) is 0 Å². The quantitative estimate of drug-likeness (QED) is 0.413. The number of nitrogens with zero attached hydrogens (tertiary/aromatic N) is 3. The molecule has 2 unspecified atom stereocenters. The fraction of sp³-hybridized carbons (Fsp3) is 0.632. The fourth-order valence-electron chi connectivity index (χ4n) is 3.45. The lowest BCUT2D eigenvalue weighted by Crippen LogP contribution is -2.53. The van der Waals surface area contributed by atoms with E-state index in [0.29, 0.717) is 0 Å². The molecular formula is C19H31IN4O2. The standard InChI is InChI=1S/C19H30N4O2.HI/c1-20-19(21-13-15-6-4-7-16(12-15)22(2)3)23-9-11-25-18(14-23)17-8-5-10-24-17;/h4,6-7,12,17-18H,5,8-11,13-14H2,1-3H3,(H,20,21);1H. The smallest absolute Gasteiger partial charge is 0.194 e. The van der Waals surface area contributed by atoms with Crippen LogP contribution in [0.3, 0.4) is 0 Å². The second-order valence-electron chi connectivity index (χ2n) is 6.87. The molecule has 26 heavy (non-hydrogen) atoms. The Labute approximate surface area is 173 Å². The van der Waals surface area contributed by atoms with Gasteiger partial charge >= 0.3 is 0 Å². The van der Waals surface area contributed by atoms with Gasteiger partial charge in [0.25, 0.3) is 0 Å². The van der Waals surface area contributed by atoms with Crippen LogP contribution in [0.5, 0.6) is 0 Å². The van der Waals surface area contributed by atoms with Crippen molar-refractivity contribution in [2.75, 3.05) is 52.3 Å². The van der Waals surface area contributed by atoms with E-state index in [2.05, 4.69) is 58.5 Å². The number of morpholine rings is 1. The lowest BCUT2D eigenvalue weighted by molar-refractivity contribution is -0.0817. The molecule has 1 N–H and O–H groups in total. The highest BCUT2D eigenvalue weighted by molar-refractivity contribution is 14.0. The fourth-order valence-corrected chi connectivity index (χ4v) is 3.45. The van der Waals surface area contributed by atoms with Crippen LogP contribution < -0.4 is 10.2 Å². The Kier molecular flexibility index (Phi) is 8.43. The van der Waals surface area contributed by atoms with Crippen molar-refractivity contribution in [3.63, 3.8) is 0 Å². The van der Waals surface area contributed by atoms with Crippen LogP contribution in [-0.4, -0.2) is 70.5 Å². The number of halogens is 1. The lowest BCUT2D eigenvalue weighted by atomic mass is 10.1. The second kappa shape index (κ2) is 10.3. The van der Waals surface area contributed by atoms with Crippen LogP contribution in [0.4, 0.5) is 5.69 Å². The summed E-state index contributed by atoms with van der Waals surface area (Å²) in [5.74, 6) is 0.932. The van der Waals surface area contributed by atoms with Crippen molar-refractivity contribution in [3.8, 4) is 0 Å². The summed E-state index contributed by atoms with van der Waals surface area (Å²) in [5.41, 5.74) is 2.45. The average molecular weight is 474 g/mol. The zero-order valence-electron chi connectivity index (χ0n) is 16.0. The van der Waals surface area contributed by atoms with Gasteiger partial charge < -0.3 is 24.6 Å². The van der Waals surface area contributed by atoms with Crippen molar-refractivity contribution in [2.24, 2.45) is 4.99 Å². The maximum atomic E-state index is 5.94. The molecule has 6 nitrogen and oxygen atoms in total. The van der Waals surface area contributed by atoms with Gasteiger partial charge in [-0.2, -0.15) is 0 Å². The molecule has 2 atom stereocenters. The molecule has 7 heteroatoms. The number of nitrogens with one attached hydrogen (secondary N) is 1. The van der Waals surface area contributed by atoms with Crippen LogP contribution in [0.15, 0.2) is 29.3 Å². The zero-order chi connectivity index (χ0) is 17.6. The van der Waals surface area contributed by atoms with E-state index in [4.69, 9.17) is 9.47 Å². The van der Waals surface area contributed by atoms with Crippen LogP contribution in [0.1, 0.15) is 18.4 Å². The SMILES string of the molecule is CN=C(NCc1cccc(N(C)C)c1)N1CCOC(C2CCCO2)C1.I. The Bertz CT molecular complexity index is 591. The summed E-state index contributed by atoms with van der Waals surface area (Å²) in [6, 6.07) is 8.56. The normalized spacial score (nSPS) is 23.5. The monoisotopic (exact) mass is 474 g/mol. The van der Waals surface area contributed by atoms with Gasteiger partial charge in [-0.15, -0.1) is 24.0 Å². The van der Waals surface area contributed by atoms with Crippen LogP contribution in [0, 0.1) is 0 Å². The molecule has 1 aromatic carbocycles. The highest BCUT2D eigenvalue weighted by Crippen LogP contribution is 2.21. The predicted octanol–water partition coefficient (Wildman–Crippen LogP) is 2.33. The molecule has 2 aliphatic rings. The van der Waals surface area contributed by atoms with Crippen molar-refractivity contribution in [1.29, 1.82) is 0 Å². The van der Waals surface area contributed by atoms with Gasteiger partial charge in [0.05, 0.1) is 12.7 Å². The number of guanidine groups is 1. The van der Waals surface area contributed by atoms with Gasteiger partial charge in [-0.1, -0.05) is 12.1 Å². The molecule has 0 bridgehead atoms. The van der Waals surface area contributed by atoms with Gasteiger partial charge in [-0.3, -0.25) is 4.99 Å². The van der Waals surface area contributed by atoms with Gasteiger partial charge in [0.1, 0.15) is 6.10 Å². The van der Waals surface area contributed by atoms with E-state index in [9.17, 15) is 0 Å². The highest BCUT2D eigenvalue weighted by atomic mass is 127. The first-order valence-corrected chi connectivity index (χ1v) is 9.12. The average Bonchev–Trinajstić information content (AvgIpc) is 3.17. The Morgan fingerprint density at radius 3 is 2.77 bits per heavy atom. The van der Waals surface area contributed by atoms with E-state index in [-0.39, 0.29) is 36.2 Å². The number of aliphatic imine (C=N–C) groups is 1. The number of hydrogen-bond acceptors (Lipinski definition) is 4. The van der Waals surface area contributed by atoms with E-state index in [1.807, 2.05) is 7.05 Å². The van der Waals surface area contributed by atoms with E-state index in [0.717, 1.165) is 51.6 Å². The summed E-state index contributed by atoms with van der Waals surface area (Å²) in [6.45, 7) is 4.04. The van der Waals surface area contributed by atoms with Crippen LogP contribution in [-0.2, 0) is 16.0 Å². The topological polar surface area (TPSA) is 49.3 Å². The molecule has 0 radical (unpaired) electrons. The van der Waals surface area contributed by atoms with Gasteiger partial charge in [-0.05, 0) is 30.5 Å². The first-order chi connectivity index (χ1) is 12.2. The Morgan fingerprint density at radius 1 is 1.27 bits per heavy atom. The maximum Gasteiger partial charge on any atom is 0.194 e. The molecule has 3 rings (SSSR count). The maximum absolute atomic E-state index is 5.94. The molecule has 2 heterocycles. The number of rotatable bonds is 4. The van der Waals surface area contributed by atoms with E-state index in [1.54, 1.807) is 0 Å². The number of hydrogen-bond donors (Lipinski definition) is 1. The molecule has 0 spiro atoms. The number of anilines is 1. The number of benzene rings is 1. The van der Waals surface area contributed by atoms with E-state index < -0.39 is 0 Å². The second-order valence-corrected chi connectivity index (χ2v) is 6.87. The van der Waals surface area contributed by atoms with Crippen LogP contribution in [0.25, 0.3) is 0 Å². The minimum atomic E-state index is 0. The predicted molar refractivity (Wildman–Crippen MR) is 117 cm³/mol. The molecule has 2 saturated heterocycles. The van der Waals surface area contributed by atoms with Crippen molar-refractivity contribution in [3.05, 3.63) is 29.8 Å². The van der Waals surface area contributed by atoms with Crippen molar-refractivity contribution < 1.29 is 9.47 Å². The van der Waals surface area contributed by atoms with Gasteiger partial charge in [0.2, 0.25) is 0 Å². The van der Waals surface area contributed by atoms with Crippen molar-refractivity contribution in [1.82, 2.24) is 10.2 Å². The zero-order valence-corrected chi connectivity index (χ0v) is 18.3. The first-order valence-electron chi connectivity index (χ1n) is 9.12.